The zero-order chi connectivity index (χ0) is 16.2. The number of halogens is 1. The van der Waals surface area contributed by atoms with Crippen molar-refractivity contribution in [1.82, 2.24) is 20.0 Å². The van der Waals surface area contributed by atoms with Gasteiger partial charge in [0.15, 0.2) is 4.96 Å². The van der Waals surface area contributed by atoms with E-state index in [0.29, 0.717) is 0 Å². The lowest BCUT2D eigenvalue weighted by Gasteiger charge is -2.06. The minimum atomic E-state index is -0.498. The SMILES string of the molecule is O=C(CNC(=O)c1cccc(F)c1)NCc1cn2ccsc2n1. The molecule has 1 aromatic carbocycles. The van der Waals surface area contributed by atoms with Crippen molar-refractivity contribution in [3.05, 3.63) is 59.1 Å². The number of thiazole rings is 1. The van der Waals surface area contributed by atoms with Gasteiger partial charge in [-0.1, -0.05) is 6.07 Å². The van der Waals surface area contributed by atoms with Crippen molar-refractivity contribution >= 4 is 28.1 Å². The van der Waals surface area contributed by atoms with Gasteiger partial charge in [-0.25, -0.2) is 9.37 Å². The van der Waals surface area contributed by atoms with Crippen LogP contribution in [0.1, 0.15) is 16.1 Å². The van der Waals surface area contributed by atoms with Gasteiger partial charge < -0.3 is 10.6 Å². The van der Waals surface area contributed by atoms with Crippen LogP contribution in [0.4, 0.5) is 4.39 Å². The van der Waals surface area contributed by atoms with Crippen molar-refractivity contribution in [3.63, 3.8) is 0 Å². The quantitative estimate of drug-likeness (QED) is 0.745. The van der Waals surface area contributed by atoms with Crippen LogP contribution in [0.2, 0.25) is 0 Å². The van der Waals surface area contributed by atoms with Gasteiger partial charge in [0.2, 0.25) is 5.91 Å². The van der Waals surface area contributed by atoms with Crippen LogP contribution in [-0.4, -0.2) is 27.7 Å². The summed E-state index contributed by atoms with van der Waals surface area (Å²) in [4.78, 5) is 28.7. The van der Waals surface area contributed by atoms with Gasteiger partial charge in [0.25, 0.3) is 5.91 Å². The Morgan fingerprint density at radius 3 is 2.96 bits per heavy atom. The van der Waals surface area contributed by atoms with Gasteiger partial charge in [-0.3, -0.25) is 14.0 Å². The number of nitrogens with one attached hydrogen (secondary N) is 2. The number of nitrogens with zero attached hydrogens (tertiary/aromatic N) is 2. The minimum absolute atomic E-state index is 0.173. The maximum atomic E-state index is 13.0. The van der Waals surface area contributed by atoms with Crippen LogP contribution in [0, 0.1) is 5.82 Å². The summed E-state index contributed by atoms with van der Waals surface area (Å²) < 4.78 is 14.9. The second kappa shape index (κ2) is 6.57. The van der Waals surface area contributed by atoms with E-state index in [0.717, 1.165) is 16.7 Å². The van der Waals surface area contributed by atoms with E-state index in [9.17, 15) is 14.0 Å². The average Bonchev–Trinajstić information content (AvgIpc) is 3.11. The highest BCUT2D eigenvalue weighted by Gasteiger charge is 2.09. The Bertz CT molecular complexity index is 829. The lowest BCUT2D eigenvalue weighted by molar-refractivity contribution is -0.120. The summed E-state index contributed by atoms with van der Waals surface area (Å²) in [6, 6.07) is 5.28. The molecule has 6 nitrogen and oxygen atoms in total. The highest BCUT2D eigenvalue weighted by Crippen LogP contribution is 2.10. The Morgan fingerprint density at radius 1 is 1.30 bits per heavy atom. The normalized spacial score (nSPS) is 10.7. The predicted octanol–water partition coefficient (Wildman–Crippen LogP) is 1.58. The van der Waals surface area contributed by atoms with E-state index in [1.807, 2.05) is 22.2 Å². The first kappa shape index (κ1) is 15.2. The first-order chi connectivity index (χ1) is 11.1. The number of carbonyl (C=O) groups is 2. The molecule has 0 bridgehead atoms. The molecule has 0 saturated heterocycles. The maximum absolute atomic E-state index is 13.0. The molecule has 0 fully saturated rings. The van der Waals surface area contributed by atoms with Gasteiger partial charge in [0, 0.05) is 23.3 Å². The lowest BCUT2D eigenvalue weighted by atomic mass is 10.2. The number of hydrogen-bond acceptors (Lipinski definition) is 4. The third kappa shape index (κ3) is 3.72. The van der Waals surface area contributed by atoms with Crippen LogP contribution in [0.15, 0.2) is 42.0 Å². The summed E-state index contributed by atoms with van der Waals surface area (Å²) in [7, 11) is 0. The molecule has 2 amide bonds. The Balaban J connectivity index is 1.47. The molecule has 3 rings (SSSR count). The molecule has 0 radical (unpaired) electrons. The van der Waals surface area contributed by atoms with Crippen LogP contribution >= 0.6 is 11.3 Å². The molecule has 0 atom stereocenters. The molecule has 118 valence electrons. The number of fused-ring (bicyclic) bond motifs is 1. The van der Waals surface area contributed by atoms with E-state index in [1.54, 1.807) is 0 Å². The smallest absolute Gasteiger partial charge is 0.251 e. The van der Waals surface area contributed by atoms with E-state index in [4.69, 9.17) is 0 Å². The second-order valence-corrected chi connectivity index (χ2v) is 5.67. The molecule has 2 aromatic heterocycles. The number of imidazole rings is 1. The molecule has 8 heteroatoms. The standard InChI is InChI=1S/C15H13FN4O2S/c16-11-3-1-2-10(6-11)14(22)18-8-13(21)17-7-12-9-20-4-5-23-15(20)19-12/h1-6,9H,7-8H2,(H,17,21)(H,18,22). The largest absolute Gasteiger partial charge is 0.349 e. The number of carbonyl (C=O) groups excluding carboxylic acids is 2. The van der Waals surface area contributed by atoms with Gasteiger partial charge in [0.1, 0.15) is 5.82 Å². The fraction of sp³-hybridized carbons (Fsp3) is 0.133. The summed E-state index contributed by atoms with van der Waals surface area (Å²) in [5.74, 6) is -1.34. The van der Waals surface area contributed by atoms with Crippen LogP contribution in [0.5, 0.6) is 0 Å². The van der Waals surface area contributed by atoms with Gasteiger partial charge in [-0.05, 0) is 18.2 Å². The van der Waals surface area contributed by atoms with Crippen LogP contribution in [-0.2, 0) is 11.3 Å². The van der Waals surface area contributed by atoms with E-state index in [1.165, 1.54) is 29.5 Å². The highest BCUT2D eigenvalue weighted by atomic mass is 32.1. The van der Waals surface area contributed by atoms with Crippen LogP contribution < -0.4 is 10.6 Å². The molecule has 0 aliphatic carbocycles. The van der Waals surface area contributed by atoms with Crippen LogP contribution in [0.25, 0.3) is 4.96 Å². The Hall–Kier alpha value is -2.74. The molecule has 0 spiro atoms. The van der Waals surface area contributed by atoms with Crippen molar-refractivity contribution in [2.75, 3.05) is 6.54 Å². The summed E-state index contributed by atoms with van der Waals surface area (Å²) >= 11 is 1.51. The third-order valence-corrected chi connectivity index (χ3v) is 3.88. The fourth-order valence-electron chi connectivity index (χ4n) is 2.01. The first-order valence-electron chi connectivity index (χ1n) is 6.83. The molecular formula is C15H13FN4O2S. The van der Waals surface area contributed by atoms with Crippen molar-refractivity contribution < 1.29 is 14.0 Å². The molecular weight excluding hydrogens is 319 g/mol. The van der Waals surface area contributed by atoms with Gasteiger partial charge in [-0.2, -0.15) is 0 Å². The second-order valence-electron chi connectivity index (χ2n) is 4.79. The van der Waals surface area contributed by atoms with Gasteiger partial charge >= 0.3 is 0 Å². The molecule has 0 aliphatic heterocycles. The van der Waals surface area contributed by atoms with E-state index >= 15 is 0 Å². The zero-order valence-electron chi connectivity index (χ0n) is 12.0. The number of benzene rings is 1. The minimum Gasteiger partial charge on any atom is -0.349 e. The topological polar surface area (TPSA) is 75.5 Å². The molecule has 2 N–H and O–H groups in total. The Kier molecular flexibility index (Phi) is 4.33. The van der Waals surface area contributed by atoms with E-state index in [2.05, 4.69) is 15.6 Å². The Labute approximate surface area is 135 Å². The number of rotatable bonds is 5. The summed E-state index contributed by atoms with van der Waals surface area (Å²) in [5.41, 5.74) is 0.911. The zero-order valence-corrected chi connectivity index (χ0v) is 12.8. The van der Waals surface area contributed by atoms with Gasteiger partial charge in [-0.15, -0.1) is 11.3 Å². The molecule has 0 unspecified atom stereocenters. The monoisotopic (exact) mass is 332 g/mol. The Morgan fingerprint density at radius 2 is 2.17 bits per heavy atom. The summed E-state index contributed by atoms with van der Waals surface area (Å²) in [5, 5.41) is 7.03. The maximum Gasteiger partial charge on any atom is 0.251 e. The number of amides is 2. The number of hydrogen-bond donors (Lipinski definition) is 2. The average molecular weight is 332 g/mol. The third-order valence-electron chi connectivity index (χ3n) is 3.11. The van der Waals surface area contributed by atoms with E-state index < -0.39 is 11.7 Å². The number of aromatic nitrogens is 2. The van der Waals surface area contributed by atoms with Crippen molar-refractivity contribution in [3.8, 4) is 0 Å². The van der Waals surface area contributed by atoms with Crippen molar-refractivity contribution in [2.45, 2.75) is 6.54 Å². The lowest BCUT2D eigenvalue weighted by Crippen LogP contribution is -2.36. The highest BCUT2D eigenvalue weighted by molar-refractivity contribution is 7.15. The molecule has 0 saturated carbocycles. The van der Waals surface area contributed by atoms with Crippen LogP contribution in [0.3, 0.4) is 0 Å². The van der Waals surface area contributed by atoms with Crippen molar-refractivity contribution in [2.24, 2.45) is 0 Å². The molecule has 3 aromatic rings. The summed E-state index contributed by atoms with van der Waals surface area (Å²) in [6.45, 7) is 0.0979. The molecule has 23 heavy (non-hydrogen) atoms. The summed E-state index contributed by atoms with van der Waals surface area (Å²) in [6.07, 6.45) is 3.72. The molecule has 2 heterocycles. The fourth-order valence-corrected chi connectivity index (χ4v) is 2.72. The van der Waals surface area contributed by atoms with Gasteiger partial charge in [0.05, 0.1) is 18.8 Å². The first-order valence-corrected chi connectivity index (χ1v) is 7.71. The van der Waals surface area contributed by atoms with E-state index in [-0.39, 0.29) is 24.6 Å². The predicted molar refractivity (Wildman–Crippen MR) is 83.6 cm³/mol. The molecule has 0 aliphatic rings. The van der Waals surface area contributed by atoms with Crippen molar-refractivity contribution in [1.29, 1.82) is 0 Å².